The van der Waals surface area contributed by atoms with Crippen LogP contribution in [-0.4, -0.2) is 26.3 Å². The first-order chi connectivity index (χ1) is 6.29. The van der Waals surface area contributed by atoms with E-state index >= 15 is 0 Å². The summed E-state index contributed by atoms with van der Waals surface area (Å²) in [7, 11) is 0. The van der Waals surface area contributed by atoms with Crippen LogP contribution in [0.3, 0.4) is 0 Å². The molecule has 0 heterocycles. The molecule has 78 valence electrons. The summed E-state index contributed by atoms with van der Waals surface area (Å²) >= 11 is 0. The topological polar surface area (TPSA) is 21.3 Å². The smallest absolute Gasteiger partial charge is 0.0591 e. The monoisotopic (exact) mass is 185 g/mol. The summed E-state index contributed by atoms with van der Waals surface area (Å²) in [6.07, 6.45) is 4.30. The van der Waals surface area contributed by atoms with Gasteiger partial charge in [-0.15, -0.1) is 0 Å². The fourth-order valence-electron chi connectivity index (χ4n) is 1.47. The molecule has 0 bridgehead atoms. The first kappa shape index (κ1) is 11.0. The lowest BCUT2D eigenvalue weighted by Gasteiger charge is -2.25. The average molecular weight is 185 g/mol. The quantitative estimate of drug-likeness (QED) is 0.613. The maximum Gasteiger partial charge on any atom is 0.0591 e. The molecule has 2 nitrogen and oxygen atoms in total. The zero-order chi connectivity index (χ0) is 9.52. The van der Waals surface area contributed by atoms with Gasteiger partial charge in [0.2, 0.25) is 0 Å². The maximum atomic E-state index is 5.47. The van der Waals surface area contributed by atoms with Crippen molar-refractivity contribution in [3.63, 3.8) is 0 Å². The van der Waals surface area contributed by atoms with Crippen LogP contribution in [-0.2, 0) is 4.74 Å². The second-order valence-electron chi connectivity index (χ2n) is 4.47. The molecule has 0 aromatic carbocycles. The Morgan fingerprint density at radius 1 is 1.38 bits per heavy atom. The highest BCUT2D eigenvalue weighted by Crippen LogP contribution is 2.24. The molecule has 1 fully saturated rings. The zero-order valence-corrected chi connectivity index (χ0v) is 9.01. The van der Waals surface area contributed by atoms with Crippen molar-refractivity contribution in [2.75, 3.05) is 26.3 Å². The van der Waals surface area contributed by atoms with Crippen molar-refractivity contribution in [2.24, 2.45) is 11.8 Å². The Kier molecular flexibility index (Phi) is 5.40. The Hall–Kier alpha value is -0.0800. The molecule has 0 amide bonds. The Labute approximate surface area is 82.0 Å². The second-order valence-corrected chi connectivity index (χ2v) is 4.47. The lowest BCUT2D eigenvalue weighted by atomic mass is 9.85. The molecule has 1 aliphatic carbocycles. The van der Waals surface area contributed by atoms with Gasteiger partial charge in [-0.1, -0.05) is 20.3 Å². The molecule has 1 rings (SSSR count). The van der Waals surface area contributed by atoms with Crippen molar-refractivity contribution >= 4 is 0 Å². The molecular weight excluding hydrogens is 162 g/mol. The summed E-state index contributed by atoms with van der Waals surface area (Å²) in [5.74, 6) is 1.62. The third-order valence-electron chi connectivity index (χ3n) is 2.53. The minimum absolute atomic E-state index is 0.659. The van der Waals surface area contributed by atoms with Crippen LogP contribution in [0.2, 0.25) is 0 Å². The van der Waals surface area contributed by atoms with Crippen molar-refractivity contribution in [3.05, 3.63) is 0 Å². The summed E-state index contributed by atoms with van der Waals surface area (Å²) in [5.41, 5.74) is 0. The molecule has 0 aliphatic heterocycles. The first-order valence-electron chi connectivity index (χ1n) is 5.57. The number of hydrogen-bond acceptors (Lipinski definition) is 2. The Morgan fingerprint density at radius 2 is 2.15 bits per heavy atom. The molecule has 0 atom stereocenters. The average Bonchev–Trinajstić information content (AvgIpc) is 1.99. The molecule has 13 heavy (non-hydrogen) atoms. The van der Waals surface area contributed by atoms with Crippen LogP contribution >= 0.6 is 0 Å². The minimum Gasteiger partial charge on any atom is -0.380 e. The lowest BCUT2D eigenvalue weighted by molar-refractivity contribution is 0.110. The van der Waals surface area contributed by atoms with Crippen molar-refractivity contribution in [1.29, 1.82) is 0 Å². The third-order valence-corrected chi connectivity index (χ3v) is 2.53. The van der Waals surface area contributed by atoms with E-state index in [1.165, 1.54) is 25.8 Å². The number of rotatable bonds is 7. The SMILES string of the molecule is CC(C)COCCNCC1CCC1. The molecule has 0 aromatic heterocycles. The summed E-state index contributed by atoms with van der Waals surface area (Å²) in [5, 5.41) is 3.44. The van der Waals surface area contributed by atoms with Crippen LogP contribution < -0.4 is 5.32 Å². The van der Waals surface area contributed by atoms with Crippen LogP contribution in [0.15, 0.2) is 0 Å². The van der Waals surface area contributed by atoms with E-state index in [0.717, 1.165) is 25.7 Å². The summed E-state index contributed by atoms with van der Waals surface area (Å²) in [6.45, 7) is 8.34. The van der Waals surface area contributed by atoms with E-state index in [2.05, 4.69) is 19.2 Å². The van der Waals surface area contributed by atoms with Crippen LogP contribution in [0.4, 0.5) is 0 Å². The van der Waals surface area contributed by atoms with Gasteiger partial charge in [0.05, 0.1) is 6.61 Å². The number of nitrogens with one attached hydrogen (secondary N) is 1. The zero-order valence-electron chi connectivity index (χ0n) is 9.01. The third kappa shape index (κ3) is 5.27. The number of ether oxygens (including phenoxy) is 1. The van der Waals surface area contributed by atoms with Crippen LogP contribution in [0.5, 0.6) is 0 Å². The molecule has 0 saturated heterocycles. The van der Waals surface area contributed by atoms with Gasteiger partial charge < -0.3 is 10.1 Å². The van der Waals surface area contributed by atoms with E-state index < -0.39 is 0 Å². The summed E-state index contributed by atoms with van der Waals surface area (Å²) in [6, 6.07) is 0. The molecule has 0 spiro atoms. The highest BCUT2D eigenvalue weighted by molar-refractivity contribution is 4.71. The van der Waals surface area contributed by atoms with Gasteiger partial charge in [-0.3, -0.25) is 0 Å². The largest absolute Gasteiger partial charge is 0.380 e. The molecule has 1 N–H and O–H groups in total. The molecule has 1 saturated carbocycles. The molecular formula is C11H23NO. The Bertz CT molecular complexity index is 121. The van der Waals surface area contributed by atoms with E-state index in [1.807, 2.05) is 0 Å². The second kappa shape index (κ2) is 6.39. The van der Waals surface area contributed by atoms with Gasteiger partial charge in [0, 0.05) is 13.2 Å². The van der Waals surface area contributed by atoms with Crippen LogP contribution in [0, 0.1) is 11.8 Å². The van der Waals surface area contributed by atoms with Crippen molar-refractivity contribution < 1.29 is 4.74 Å². The predicted molar refractivity (Wildman–Crippen MR) is 55.9 cm³/mol. The van der Waals surface area contributed by atoms with Crippen LogP contribution in [0.1, 0.15) is 33.1 Å². The minimum atomic E-state index is 0.659. The van der Waals surface area contributed by atoms with Gasteiger partial charge in [-0.05, 0) is 31.2 Å². The van der Waals surface area contributed by atoms with Crippen molar-refractivity contribution in [1.82, 2.24) is 5.32 Å². The Morgan fingerprint density at radius 3 is 2.69 bits per heavy atom. The van der Waals surface area contributed by atoms with E-state index in [9.17, 15) is 0 Å². The van der Waals surface area contributed by atoms with Gasteiger partial charge in [0.1, 0.15) is 0 Å². The first-order valence-corrected chi connectivity index (χ1v) is 5.57. The summed E-state index contributed by atoms with van der Waals surface area (Å²) < 4.78 is 5.47. The maximum absolute atomic E-state index is 5.47. The molecule has 1 aliphatic rings. The standard InChI is InChI=1S/C11H23NO/c1-10(2)9-13-7-6-12-8-11-4-3-5-11/h10-12H,3-9H2,1-2H3. The van der Waals surface area contributed by atoms with Crippen LogP contribution in [0.25, 0.3) is 0 Å². The summed E-state index contributed by atoms with van der Waals surface area (Å²) in [4.78, 5) is 0. The molecule has 2 heteroatoms. The van der Waals surface area contributed by atoms with Gasteiger partial charge in [-0.2, -0.15) is 0 Å². The van der Waals surface area contributed by atoms with Gasteiger partial charge in [0.25, 0.3) is 0 Å². The fraction of sp³-hybridized carbons (Fsp3) is 1.00. The predicted octanol–water partition coefficient (Wildman–Crippen LogP) is 2.05. The van der Waals surface area contributed by atoms with E-state index in [-0.39, 0.29) is 0 Å². The van der Waals surface area contributed by atoms with Gasteiger partial charge in [-0.25, -0.2) is 0 Å². The molecule has 0 aromatic rings. The van der Waals surface area contributed by atoms with E-state index in [1.54, 1.807) is 0 Å². The lowest BCUT2D eigenvalue weighted by Crippen LogP contribution is -2.29. The van der Waals surface area contributed by atoms with Gasteiger partial charge >= 0.3 is 0 Å². The van der Waals surface area contributed by atoms with Crippen molar-refractivity contribution in [3.8, 4) is 0 Å². The van der Waals surface area contributed by atoms with E-state index in [4.69, 9.17) is 4.74 Å². The van der Waals surface area contributed by atoms with Crippen molar-refractivity contribution in [2.45, 2.75) is 33.1 Å². The fourth-order valence-corrected chi connectivity index (χ4v) is 1.47. The molecule has 0 unspecified atom stereocenters. The molecule has 0 radical (unpaired) electrons. The Balaban J connectivity index is 1.73. The highest BCUT2D eigenvalue weighted by atomic mass is 16.5. The normalized spacial score (nSPS) is 17.8. The van der Waals surface area contributed by atoms with Gasteiger partial charge in [0.15, 0.2) is 0 Å². The van der Waals surface area contributed by atoms with E-state index in [0.29, 0.717) is 5.92 Å². The number of hydrogen-bond donors (Lipinski definition) is 1. The highest BCUT2D eigenvalue weighted by Gasteiger charge is 2.15.